The molecule has 0 saturated heterocycles. The molecule has 0 saturated carbocycles. The van der Waals surface area contributed by atoms with E-state index in [0.29, 0.717) is 11.3 Å². The predicted molar refractivity (Wildman–Crippen MR) is 91.2 cm³/mol. The number of benzene rings is 1. The van der Waals surface area contributed by atoms with Gasteiger partial charge < -0.3 is 24.8 Å². The second kappa shape index (κ2) is 7.77. The normalized spacial score (nSPS) is 13.1. The lowest BCUT2D eigenvalue weighted by molar-refractivity contribution is -0.135. The number of hydrogen-bond acceptors (Lipinski definition) is 5. The number of ether oxygens (including phenoxy) is 1. The zero-order valence-corrected chi connectivity index (χ0v) is 14.5. The Bertz CT molecular complexity index is 1020. The fourth-order valence-electron chi connectivity index (χ4n) is 3.02. The lowest BCUT2D eigenvalue weighted by Crippen LogP contribution is -2.38. The Labute approximate surface area is 157 Å². The van der Waals surface area contributed by atoms with E-state index in [1.165, 1.54) is 6.07 Å². The summed E-state index contributed by atoms with van der Waals surface area (Å²) in [5, 5.41) is 21.2. The van der Waals surface area contributed by atoms with E-state index < -0.39 is 46.9 Å². The zero-order chi connectivity index (χ0) is 20.4. The summed E-state index contributed by atoms with van der Waals surface area (Å²) in [5.74, 6) is -5.03. The fraction of sp³-hybridized carbons (Fsp3) is 0.278. The Morgan fingerprint density at radius 1 is 1.25 bits per heavy atom. The van der Waals surface area contributed by atoms with E-state index in [2.05, 4.69) is 0 Å². The lowest BCUT2D eigenvalue weighted by atomic mass is 10.0. The Hall–Kier alpha value is -3.27. The van der Waals surface area contributed by atoms with Gasteiger partial charge in [0.05, 0.1) is 25.5 Å². The van der Waals surface area contributed by atoms with Crippen LogP contribution in [0.2, 0.25) is 0 Å². The van der Waals surface area contributed by atoms with Crippen LogP contribution in [0.1, 0.15) is 27.2 Å². The van der Waals surface area contributed by atoms with E-state index in [1.807, 2.05) is 5.32 Å². The maximum absolute atomic E-state index is 13.5. The summed E-state index contributed by atoms with van der Waals surface area (Å²) < 4.78 is 33.1. The predicted octanol–water partition coefficient (Wildman–Crippen LogP) is 0.767. The van der Waals surface area contributed by atoms with Crippen molar-refractivity contribution in [2.24, 2.45) is 0 Å². The number of aromatic hydroxyl groups is 1. The Kier molecular flexibility index (Phi) is 5.41. The zero-order valence-electron chi connectivity index (χ0n) is 14.5. The van der Waals surface area contributed by atoms with Crippen LogP contribution in [-0.2, 0) is 29.1 Å². The summed E-state index contributed by atoms with van der Waals surface area (Å²) in [6, 6.07) is 3.13. The molecule has 2 heterocycles. The molecule has 2 aromatic rings. The van der Waals surface area contributed by atoms with Gasteiger partial charge in [-0.15, -0.1) is 0 Å². The number of carboxylic acids is 1. The van der Waals surface area contributed by atoms with Crippen molar-refractivity contribution in [1.29, 1.82) is 0 Å². The molecule has 3 N–H and O–H groups in total. The van der Waals surface area contributed by atoms with Crippen molar-refractivity contribution in [3.8, 4) is 5.75 Å². The van der Waals surface area contributed by atoms with E-state index in [9.17, 15) is 28.3 Å². The van der Waals surface area contributed by atoms with Crippen LogP contribution >= 0.6 is 0 Å². The van der Waals surface area contributed by atoms with Crippen molar-refractivity contribution in [1.82, 2.24) is 9.88 Å². The highest BCUT2D eigenvalue weighted by Crippen LogP contribution is 2.28. The van der Waals surface area contributed by atoms with Crippen LogP contribution in [0.5, 0.6) is 5.75 Å². The molecule has 0 spiro atoms. The largest absolute Gasteiger partial charge is 0.507 e. The van der Waals surface area contributed by atoms with E-state index >= 15 is 0 Å². The van der Waals surface area contributed by atoms with Gasteiger partial charge in [-0.05, 0) is 17.7 Å². The van der Waals surface area contributed by atoms with Crippen molar-refractivity contribution in [2.75, 3.05) is 13.2 Å². The van der Waals surface area contributed by atoms with Gasteiger partial charge in [-0.1, -0.05) is 6.07 Å². The number of pyridine rings is 1. The van der Waals surface area contributed by atoms with Crippen molar-refractivity contribution in [3.05, 3.63) is 62.6 Å². The average molecular weight is 394 g/mol. The molecule has 8 nitrogen and oxygen atoms in total. The molecule has 0 atom stereocenters. The highest BCUT2D eigenvalue weighted by Gasteiger charge is 2.28. The first-order valence-corrected chi connectivity index (χ1v) is 8.28. The summed E-state index contributed by atoms with van der Waals surface area (Å²) in [6.45, 7) is -0.693. The third kappa shape index (κ3) is 3.72. The van der Waals surface area contributed by atoms with Crippen molar-refractivity contribution < 1.29 is 33.3 Å². The molecule has 0 fully saturated rings. The molecule has 1 aliphatic rings. The number of nitrogens with zero attached hydrogens (tertiary/aromatic N) is 1. The van der Waals surface area contributed by atoms with Gasteiger partial charge in [-0.2, -0.15) is 0 Å². The van der Waals surface area contributed by atoms with Crippen LogP contribution in [0.3, 0.4) is 0 Å². The molecule has 1 aliphatic heterocycles. The molecule has 148 valence electrons. The topological polar surface area (TPSA) is 118 Å². The third-order valence-electron chi connectivity index (χ3n) is 4.34. The minimum absolute atomic E-state index is 0.0150. The van der Waals surface area contributed by atoms with Gasteiger partial charge >= 0.3 is 5.97 Å². The number of aromatic nitrogens is 1. The molecule has 1 aromatic carbocycles. The number of aliphatic carboxylic acids is 1. The van der Waals surface area contributed by atoms with Gasteiger partial charge in [0.15, 0.2) is 11.6 Å². The monoisotopic (exact) mass is 394 g/mol. The van der Waals surface area contributed by atoms with Crippen LogP contribution in [-0.4, -0.2) is 39.8 Å². The molecule has 28 heavy (non-hydrogen) atoms. The summed E-state index contributed by atoms with van der Waals surface area (Å²) >= 11 is 0. The second-order valence-electron chi connectivity index (χ2n) is 6.17. The Morgan fingerprint density at radius 3 is 2.68 bits per heavy atom. The van der Waals surface area contributed by atoms with Crippen molar-refractivity contribution >= 4 is 11.9 Å². The number of amides is 1. The van der Waals surface area contributed by atoms with Crippen LogP contribution in [0.15, 0.2) is 23.0 Å². The number of nitrogens with one attached hydrogen (secondary N) is 1. The molecular formula is C18H16F2N2O6. The van der Waals surface area contributed by atoms with Gasteiger partial charge in [-0.3, -0.25) is 14.4 Å². The standard InChI is InChI=1S/C18H16F2N2O6/c19-11-2-1-9(5-12(11)20)7-22-13-8-28-4-3-10(13)16(25)15(18(22)27)17(26)21-6-14(23)24/h1-2,5,25H,3-4,6-8H2,(H,21,26)(H,23,24). The first-order chi connectivity index (χ1) is 13.3. The Morgan fingerprint density at radius 2 is 2.00 bits per heavy atom. The number of fused-ring (bicyclic) bond motifs is 1. The molecule has 0 aliphatic carbocycles. The molecule has 0 unspecified atom stereocenters. The van der Waals surface area contributed by atoms with Gasteiger partial charge in [0, 0.05) is 12.0 Å². The van der Waals surface area contributed by atoms with Crippen LogP contribution in [0, 0.1) is 11.6 Å². The molecule has 1 amide bonds. The highest BCUT2D eigenvalue weighted by atomic mass is 19.2. The molecular weight excluding hydrogens is 378 g/mol. The SMILES string of the molecule is O=C(O)CNC(=O)c1c(O)c2c(n(Cc3ccc(F)c(F)c3)c1=O)COCC2. The second-order valence-corrected chi connectivity index (χ2v) is 6.17. The number of carbonyl (C=O) groups excluding carboxylic acids is 1. The maximum atomic E-state index is 13.5. The highest BCUT2D eigenvalue weighted by molar-refractivity contribution is 5.98. The summed E-state index contributed by atoms with van der Waals surface area (Å²) in [4.78, 5) is 35.8. The van der Waals surface area contributed by atoms with Crippen LogP contribution < -0.4 is 10.9 Å². The van der Waals surface area contributed by atoms with Gasteiger partial charge in [0.2, 0.25) is 0 Å². The fourth-order valence-corrected chi connectivity index (χ4v) is 3.02. The third-order valence-corrected chi connectivity index (χ3v) is 4.34. The average Bonchev–Trinajstić information content (AvgIpc) is 2.66. The van der Waals surface area contributed by atoms with Gasteiger partial charge in [-0.25, -0.2) is 8.78 Å². The smallest absolute Gasteiger partial charge is 0.322 e. The molecule has 1 aromatic heterocycles. The molecule has 3 rings (SSSR count). The molecule has 0 radical (unpaired) electrons. The van der Waals surface area contributed by atoms with Crippen molar-refractivity contribution in [2.45, 2.75) is 19.6 Å². The summed E-state index contributed by atoms with van der Waals surface area (Å²) in [6.07, 6.45) is 0.221. The maximum Gasteiger partial charge on any atom is 0.322 e. The first kappa shape index (κ1) is 19.5. The quantitative estimate of drug-likeness (QED) is 0.690. The van der Waals surface area contributed by atoms with Gasteiger partial charge in [0.1, 0.15) is 17.9 Å². The van der Waals surface area contributed by atoms with E-state index in [1.54, 1.807) is 0 Å². The molecule has 10 heteroatoms. The molecule has 0 bridgehead atoms. The van der Waals surface area contributed by atoms with E-state index in [0.717, 1.165) is 16.7 Å². The number of halogens is 2. The Balaban J connectivity index is 2.11. The van der Waals surface area contributed by atoms with E-state index in [4.69, 9.17) is 9.84 Å². The van der Waals surface area contributed by atoms with Gasteiger partial charge in [0.25, 0.3) is 11.5 Å². The van der Waals surface area contributed by atoms with Crippen molar-refractivity contribution in [3.63, 3.8) is 0 Å². The minimum atomic E-state index is -1.32. The first-order valence-electron chi connectivity index (χ1n) is 8.28. The van der Waals surface area contributed by atoms with E-state index in [-0.39, 0.29) is 31.7 Å². The lowest BCUT2D eigenvalue weighted by Gasteiger charge is -2.24. The van der Waals surface area contributed by atoms with Crippen LogP contribution in [0.4, 0.5) is 8.78 Å². The number of carbonyl (C=O) groups is 2. The van der Waals surface area contributed by atoms with Crippen LogP contribution in [0.25, 0.3) is 0 Å². The summed E-state index contributed by atoms with van der Waals surface area (Å²) in [7, 11) is 0. The minimum Gasteiger partial charge on any atom is -0.507 e. The number of rotatable bonds is 5. The summed E-state index contributed by atoms with van der Waals surface area (Å²) in [5.41, 5.74) is -0.614. The number of carboxylic acid groups (broad SMARTS) is 1. The number of hydrogen-bond donors (Lipinski definition) is 3.